The minimum atomic E-state index is -0.556. The van der Waals surface area contributed by atoms with Gasteiger partial charge in [0, 0.05) is 23.2 Å². The van der Waals surface area contributed by atoms with Crippen LogP contribution < -0.4 is 15.8 Å². The number of nitrogens with one attached hydrogen (secondary N) is 1. The van der Waals surface area contributed by atoms with Gasteiger partial charge >= 0.3 is 0 Å². The number of benzene rings is 1. The normalized spacial score (nSPS) is 16.9. The zero-order chi connectivity index (χ0) is 14.5. The summed E-state index contributed by atoms with van der Waals surface area (Å²) in [5, 5.41) is 3.59. The third-order valence-corrected chi connectivity index (χ3v) is 4.01. The number of rotatable bonds is 5. The Morgan fingerprint density at radius 1 is 1.50 bits per heavy atom. The van der Waals surface area contributed by atoms with E-state index in [9.17, 15) is 4.79 Å². The van der Waals surface area contributed by atoms with E-state index >= 15 is 0 Å². The Morgan fingerprint density at radius 3 is 2.85 bits per heavy atom. The van der Waals surface area contributed by atoms with Gasteiger partial charge in [-0.05, 0) is 31.9 Å². The average Bonchev–Trinajstić information content (AvgIpc) is 2.91. The van der Waals surface area contributed by atoms with Crippen LogP contribution in [0.5, 0.6) is 5.75 Å². The molecule has 0 heterocycles. The molecule has 20 heavy (non-hydrogen) atoms. The molecular formula is C15H21ClN2O2. The van der Waals surface area contributed by atoms with Gasteiger partial charge in [0.15, 0.2) is 6.10 Å². The van der Waals surface area contributed by atoms with Crippen LogP contribution in [-0.4, -0.2) is 18.1 Å². The third kappa shape index (κ3) is 3.64. The van der Waals surface area contributed by atoms with Crippen molar-refractivity contribution in [3.8, 4) is 5.75 Å². The molecule has 1 aliphatic rings. The van der Waals surface area contributed by atoms with Crippen LogP contribution >= 0.6 is 11.6 Å². The first kappa shape index (κ1) is 15.1. The summed E-state index contributed by atoms with van der Waals surface area (Å²) in [6.45, 7) is 2.03. The van der Waals surface area contributed by atoms with Gasteiger partial charge in [0.25, 0.3) is 5.91 Å². The monoisotopic (exact) mass is 296 g/mol. The van der Waals surface area contributed by atoms with Crippen molar-refractivity contribution < 1.29 is 9.53 Å². The Hall–Kier alpha value is -1.26. The second-order valence-corrected chi connectivity index (χ2v) is 5.58. The number of hydrogen-bond donors (Lipinski definition) is 2. The largest absolute Gasteiger partial charge is 0.481 e. The molecule has 4 nitrogen and oxygen atoms in total. The zero-order valence-electron chi connectivity index (χ0n) is 11.7. The topological polar surface area (TPSA) is 64.3 Å². The Balaban J connectivity index is 1.98. The van der Waals surface area contributed by atoms with Gasteiger partial charge < -0.3 is 15.8 Å². The van der Waals surface area contributed by atoms with Gasteiger partial charge in [0.05, 0.1) is 0 Å². The maximum atomic E-state index is 12.1. The van der Waals surface area contributed by atoms with Gasteiger partial charge in [0.1, 0.15) is 5.75 Å². The first-order chi connectivity index (χ1) is 9.61. The molecule has 1 aromatic rings. The zero-order valence-corrected chi connectivity index (χ0v) is 12.5. The third-order valence-electron chi connectivity index (χ3n) is 3.65. The fourth-order valence-corrected chi connectivity index (χ4v) is 2.72. The van der Waals surface area contributed by atoms with E-state index in [1.807, 2.05) is 0 Å². The fraction of sp³-hybridized carbons (Fsp3) is 0.533. The van der Waals surface area contributed by atoms with E-state index < -0.39 is 6.10 Å². The molecule has 0 aromatic heterocycles. The standard InChI is InChI=1S/C15H21ClN2O2/c1-10(15(19)18-11-5-2-3-6-11)20-14-8-4-7-13(16)12(14)9-17/h4,7-8,10-11H,2-3,5-6,9,17H2,1H3,(H,18,19). The first-order valence-corrected chi connectivity index (χ1v) is 7.44. The van der Waals surface area contributed by atoms with E-state index in [1.54, 1.807) is 25.1 Å². The minimum absolute atomic E-state index is 0.0835. The lowest BCUT2D eigenvalue weighted by atomic mass is 10.2. The molecule has 1 amide bonds. The number of carbonyl (C=O) groups excluding carboxylic acids is 1. The Bertz CT molecular complexity index is 473. The predicted molar refractivity (Wildman–Crippen MR) is 79.8 cm³/mol. The summed E-state index contributed by atoms with van der Waals surface area (Å²) in [6.07, 6.45) is 3.93. The molecule has 2 rings (SSSR count). The van der Waals surface area contributed by atoms with Gasteiger partial charge in [0.2, 0.25) is 0 Å². The maximum absolute atomic E-state index is 12.1. The van der Waals surface area contributed by atoms with Crippen molar-refractivity contribution in [2.75, 3.05) is 0 Å². The van der Waals surface area contributed by atoms with Crippen LogP contribution in [0.15, 0.2) is 18.2 Å². The summed E-state index contributed by atoms with van der Waals surface area (Å²) >= 11 is 6.07. The Labute approximate surface area is 124 Å². The van der Waals surface area contributed by atoms with E-state index in [4.69, 9.17) is 22.1 Å². The highest BCUT2D eigenvalue weighted by atomic mass is 35.5. The highest BCUT2D eigenvalue weighted by Gasteiger charge is 2.22. The number of amides is 1. The lowest BCUT2D eigenvalue weighted by Gasteiger charge is -2.19. The van der Waals surface area contributed by atoms with E-state index in [2.05, 4.69) is 5.32 Å². The lowest BCUT2D eigenvalue weighted by Crippen LogP contribution is -2.41. The van der Waals surface area contributed by atoms with Gasteiger partial charge in [-0.1, -0.05) is 30.5 Å². The molecule has 1 aliphatic carbocycles. The molecule has 1 fully saturated rings. The van der Waals surface area contributed by atoms with Crippen LogP contribution in [0.1, 0.15) is 38.2 Å². The molecule has 1 unspecified atom stereocenters. The number of ether oxygens (including phenoxy) is 1. The molecule has 0 radical (unpaired) electrons. The van der Waals surface area contributed by atoms with Crippen LogP contribution in [0.3, 0.4) is 0 Å². The number of carbonyl (C=O) groups is 1. The van der Waals surface area contributed by atoms with Crippen LogP contribution in [0, 0.1) is 0 Å². The molecular weight excluding hydrogens is 276 g/mol. The Morgan fingerprint density at radius 2 is 2.20 bits per heavy atom. The lowest BCUT2D eigenvalue weighted by molar-refractivity contribution is -0.127. The van der Waals surface area contributed by atoms with E-state index in [1.165, 1.54) is 12.8 Å². The van der Waals surface area contributed by atoms with Crippen LogP contribution in [0.25, 0.3) is 0 Å². The fourth-order valence-electron chi connectivity index (χ4n) is 2.48. The van der Waals surface area contributed by atoms with Crippen molar-refractivity contribution in [3.63, 3.8) is 0 Å². The van der Waals surface area contributed by atoms with Crippen LogP contribution in [0.4, 0.5) is 0 Å². The molecule has 0 aliphatic heterocycles. The van der Waals surface area contributed by atoms with E-state index in [0.29, 0.717) is 16.8 Å². The quantitative estimate of drug-likeness (QED) is 0.878. The highest BCUT2D eigenvalue weighted by molar-refractivity contribution is 6.31. The summed E-state index contributed by atoms with van der Waals surface area (Å²) in [5.74, 6) is 0.494. The van der Waals surface area contributed by atoms with Gasteiger partial charge in [-0.15, -0.1) is 0 Å². The summed E-state index contributed by atoms with van der Waals surface area (Å²) in [7, 11) is 0. The first-order valence-electron chi connectivity index (χ1n) is 7.06. The van der Waals surface area contributed by atoms with Crippen molar-refractivity contribution in [1.82, 2.24) is 5.32 Å². The van der Waals surface area contributed by atoms with Crippen molar-refractivity contribution in [2.24, 2.45) is 5.73 Å². The number of halogens is 1. The van der Waals surface area contributed by atoms with Crippen molar-refractivity contribution in [1.29, 1.82) is 0 Å². The van der Waals surface area contributed by atoms with E-state index in [-0.39, 0.29) is 12.5 Å². The van der Waals surface area contributed by atoms with Gasteiger partial charge in [-0.3, -0.25) is 4.79 Å². The summed E-state index contributed by atoms with van der Waals surface area (Å²) < 4.78 is 5.71. The molecule has 1 aromatic carbocycles. The van der Waals surface area contributed by atoms with Crippen molar-refractivity contribution >= 4 is 17.5 Å². The second-order valence-electron chi connectivity index (χ2n) is 5.17. The molecule has 3 N–H and O–H groups in total. The summed E-state index contributed by atoms with van der Waals surface area (Å²) in [4.78, 5) is 12.1. The van der Waals surface area contributed by atoms with Crippen molar-refractivity contribution in [3.05, 3.63) is 28.8 Å². The number of hydrogen-bond acceptors (Lipinski definition) is 3. The highest BCUT2D eigenvalue weighted by Crippen LogP contribution is 2.26. The molecule has 1 saturated carbocycles. The van der Waals surface area contributed by atoms with Gasteiger partial charge in [-0.2, -0.15) is 0 Å². The molecule has 0 spiro atoms. The number of nitrogens with two attached hydrogens (primary N) is 1. The van der Waals surface area contributed by atoms with E-state index in [0.717, 1.165) is 18.4 Å². The second kappa shape index (κ2) is 6.95. The molecule has 1 atom stereocenters. The summed E-state index contributed by atoms with van der Waals surface area (Å²) in [6, 6.07) is 5.63. The smallest absolute Gasteiger partial charge is 0.260 e. The van der Waals surface area contributed by atoms with Gasteiger partial charge in [-0.25, -0.2) is 0 Å². The molecule has 110 valence electrons. The predicted octanol–water partition coefficient (Wildman–Crippen LogP) is 2.62. The minimum Gasteiger partial charge on any atom is -0.481 e. The average molecular weight is 297 g/mol. The Kier molecular flexibility index (Phi) is 5.26. The molecule has 0 saturated heterocycles. The van der Waals surface area contributed by atoms with Crippen molar-refractivity contribution in [2.45, 2.75) is 51.3 Å². The van der Waals surface area contributed by atoms with Crippen LogP contribution in [0.2, 0.25) is 5.02 Å². The summed E-state index contributed by atoms with van der Waals surface area (Å²) in [5.41, 5.74) is 6.40. The maximum Gasteiger partial charge on any atom is 0.260 e. The SMILES string of the molecule is CC(Oc1cccc(Cl)c1CN)C(=O)NC1CCCC1. The molecule has 0 bridgehead atoms. The van der Waals surface area contributed by atoms with Crippen LogP contribution in [-0.2, 0) is 11.3 Å². The molecule has 5 heteroatoms.